The van der Waals surface area contributed by atoms with Crippen molar-refractivity contribution in [3.8, 4) is 0 Å². The average Bonchev–Trinajstić information content (AvgIpc) is 3.32. The van der Waals surface area contributed by atoms with Gasteiger partial charge >= 0.3 is 0 Å². The molecule has 0 radical (unpaired) electrons. The first-order chi connectivity index (χ1) is 13.7. The lowest BCUT2D eigenvalue weighted by Gasteiger charge is -2.51. The third-order valence-electron chi connectivity index (χ3n) is 11.7. The Labute approximate surface area is 179 Å². The Morgan fingerprint density at radius 2 is 1.76 bits per heavy atom. The van der Waals surface area contributed by atoms with Gasteiger partial charge in [-0.2, -0.15) is 0 Å². The van der Waals surface area contributed by atoms with Gasteiger partial charge in [0.15, 0.2) is 6.29 Å². The van der Waals surface area contributed by atoms with Gasteiger partial charge in [0.05, 0.1) is 6.61 Å². The summed E-state index contributed by atoms with van der Waals surface area (Å²) in [5, 5.41) is 11.0. The van der Waals surface area contributed by atoms with Crippen molar-refractivity contribution in [2.75, 3.05) is 6.61 Å². The van der Waals surface area contributed by atoms with Gasteiger partial charge in [0.2, 0.25) is 0 Å². The lowest BCUT2D eigenvalue weighted by molar-refractivity contribution is -0.151. The number of ether oxygens (including phenoxy) is 1. The normalized spacial score (nSPS) is 54.3. The summed E-state index contributed by atoms with van der Waals surface area (Å²) in [6.07, 6.45) is 13.4. The Morgan fingerprint density at radius 1 is 0.966 bits per heavy atom. The van der Waals surface area contributed by atoms with Crippen molar-refractivity contribution >= 4 is 0 Å². The summed E-state index contributed by atoms with van der Waals surface area (Å²) in [5.74, 6) is 5.82. The van der Waals surface area contributed by atoms with Gasteiger partial charge < -0.3 is 9.84 Å². The van der Waals surface area contributed by atoms with Gasteiger partial charge in [0.1, 0.15) is 0 Å². The molecule has 1 saturated heterocycles. The monoisotopic (exact) mass is 402 g/mol. The van der Waals surface area contributed by atoms with E-state index in [2.05, 4.69) is 34.6 Å². The molecule has 0 aromatic heterocycles. The zero-order valence-corrected chi connectivity index (χ0v) is 19.8. The highest BCUT2D eigenvalue weighted by atomic mass is 16.6. The molecule has 29 heavy (non-hydrogen) atoms. The lowest BCUT2D eigenvalue weighted by atomic mass is 9.54. The summed E-state index contributed by atoms with van der Waals surface area (Å²) in [7, 11) is 0. The van der Waals surface area contributed by atoms with Crippen LogP contribution in [0.4, 0.5) is 0 Å². The van der Waals surface area contributed by atoms with Gasteiger partial charge in [-0.15, -0.1) is 0 Å². The maximum Gasteiger partial charge on any atom is 0.161 e. The second-order valence-corrected chi connectivity index (χ2v) is 13.0. The van der Waals surface area contributed by atoms with E-state index in [1.807, 2.05) is 0 Å². The molecule has 166 valence electrons. The first-order valence-corrected chi connectivity index (χ1v) is 13.0. The number of aliphatic hydroxyl groups excluding tert-OH is 1. The van der Waals surface area contributed by atoms with Crippen molar-refractivity contribution in [2.24, 2.45) is 57.7 Å². The second-order valence-electron chi connectivity index (χ2n) is 13.0. The third kappa shape index (κ3) is 2.66. The van der Waals surface area contributed by atoms with E-state index in [-0.39, 0.29) is 5.41 Å². The zero-order valence-electron chi connectivity index (χ0n) is 19.8. The molecular formula is C27H46O2. The van der Waals surface area contributed by atoms with E-state index in [9.17, 15) is 5.11 Å². The van der Waals surface area contributed by atoms with Crippen LogP contribution >= 0.6 is 0 Å². The number of hydrogen-bond acceptors (Lipinski definition) is 2. The summed E-state index contributed by atoms with van der Waals surface area (Å²) in [4.78, 5) is 0. The smallest absolute Gasteiger partial charge is 0.161 e. The maximum atomic E-state index is 11.0. The van der Waals surface area contributed by atoms with Crippen LogP contribution in [0.1, 0.15) is 98.8 Å². The molecule has 0 unspecified atom stereocenters. The van der Waals surface area contributed by atoms with Gasteiger partial charge in [0.25, 0.3) is 0 Å². The molecule has 1 aliphatic heterocycles. The first-order valence-electron chi connectivity index (χ1n) is 13.0. The predicted molar refractivity (Wildman–Crippen MR) is 118 cm³/mol. The summed E-state index contributed by atoms with van der Waals surface area (Å²) in [6.45, 7) is 13.3. The molecule has 1 N–H and O–H groups in total. The number of aliphatic hydroxyl groups is 1. The van der Waals surface area contributed by atoms with Crippen LogP contribution < -0.4 is 0 Å². The van der Waals surface area contributed by atoms with Crippen LogP contribution in [-0.4, -0.2) is 18.0 Å². The summed E-state index contributed by atoms with van der Waals surface area (Å²) < 4.78 is 5.91. The van der Waals surface area contributed by atoms with Crippen molar-refractivity contribution in [1.29, 1.82) is 0 Å². The van der Waals surface area contributed by atoms with Gasteiger partial charge in [-0.1, -0.05) is 53.9 Å². The fourth-order valence-corrected chi connectivity index (χ4v) is 10.3. The van der Waals surface area contributed by atoms with E-state index < -0.39 is 6.29 Å². The van der Waals surface area contributed by atoms with Crippen LogP contribution in [0.2, 0.25) is 0 Å². The molecule has 0 bridgehead atoms. The van der Waals surface area contributed by atoms with Crippen LogP contribution in [0.3, 0.4) is 0 Å². The molecular weight excluding hydrogens is 356 g/mol. The van der Waals surface area contributed by atoms with Crippen molar-refractivity contribution in [3.63, 3.8) is 0 Å². The van der Waals surface area contributed by atoms with Crippen molar-refractivity contribution in [1.82, 2.24) is 0 Å². The molecule has 2 heteroatoms. The van der Waals surface area contributed by atoms with Crippen LogP contribution in [0.5, 0.6) is 0 Å². The minimum absolute atomic E-state index is 0.0779. The first kappa shape index (κ1) is 20.8. The van der Waals surface area contributed by atoms with Crippen LogP contribution in [0.15, 0.2) is 0 Å². The van der Waals surface area contributed by atoms with E-state index >= 15 is 0 Å². The highest BCUT2D eigenvalue weighted by molar-refractivity contribution is 5.21. The second kappa shape index (κ2) is 6.96. The topological polar surface area (TPSA) is 29.5 Å². The molecule has 4 saturated carbocycles. The Bertz CT molecular complexity index is 630. The quantitative estimate of drug-likeness (QED) is 0.557. The molecule has 5 rings (SSSR count). The molecule has 0 aromatic carbocycles. The predicted octanol–water partition coefficient (Wildman–Crippen LogP) is 6.66. The van der Waals surface area contributed by atoms with Crippen LogP contribution in [0.25, 0.3) is 0 Å². The molecule has 4 aliphatic carbocycles. The van der Waals surface area contributed by atoms with E-state index in [1.54, 1.807) is 0 Å². The Kier molecular flexibility index (Phi) is 4.99. The molecule has 1 spiro atoms. The largest absolute Gasteiger partial charge is 0.367 e. The SMILES string of the molecule is CC(C)CCC[C@@H](C)[C@H]1CC[C@H]2[C@@H]3C[C@]45[C@H](CC[C@]4(C)[C@H]3CC[C@]12C)CO[C@H]5O. The average molecular weight is 403 g/mol. The van der Waals surface area contributed by atoms with E-state index in [4.69, 9.17) is 4.74 Å². The van der Waals surface area contributed by atoms with Gasteiger partial charge in [-0.3, -0.25) is 0 Å². The highest BCUT2D eigenvalue weighted by Gasteiger charge is 2.74. The van der Waals surface area contributed by atoms with Gasteiger partial charge in [-0.05, 0) is 97.2 Å². The maximum absolute atomic E-state index is 11.0. The Morgan fingerprint density at radius 3 is 2.52 bits per heavy atom. The van der Waals surface area contributed by atoms with Crippen LogP contribution in [0, 0.1) is 57.7 Å². The number of fused-ring (bicyclic) bond motifs is 4. The fourth-order valence-electron chi connectivity index (χ4n) is 10.3. The van der Waals surface area contributed by atoms with Gasteiger partial charge in [-0.25, -0.2) is 0 Å². The van der Waals surface area contributed by atoms with E-state index in [0.717, 1.165) is 42.1 Å². The van der Waals surface area contributed by atoms with E-state index in [1.165, 1.54) is 64.2 Å². The summed E-state index contributed by atoms with van der Waals surface area (Å²) in [6, 6.07) is 0. The zero-order chi connectivity index (χ0) is 20.6. The van der Waals surface area contributed by atoms with Crippen molar-refractivity contribution in [3.05, 3.63) is 0 Å². The molecule has 2 nitrogen and oxygen atoms in total. The molecule has 1 heterocycles. The van der Waals surface area contributed by atoms with E-state index in [0.29, 0.717) is 16.7 Å². The fraction of sp³-hybridized carbons (Fsp3) is 1.00. The minimum atomic E-state index is -0.496. The summed E-state index contributed by atoms with van der Waals surface area (Å²) in [5.41, 5.74) is 0.944. The molecule has 0 amide bonds. The standard InChI is InChI=1S/C27H46O2/c1-17(2)7-6-8-18(3)21-9-10-22-20-15-27-19(16-29-24(27)28)11-14-26(27,5)23(20)12-13-25(21,22)4/h17-24,28H,6-16H2,1-5H3/t18-,19-,20+,21-,22+,23+,24-,25-,26-,27-/m1/s1. The van der Waals surface area contributed by atoms with Crippen molar-refractivity contribution in [2.45, 2.75) is 105 Å². The number of rotatable bonds is 5. The number of hydrogen-bond donors (Lipinski definition) is 1. The Hall–Kier alpha value is -0.0800. The molecule has 10 atom stereocenters. The van der Waals surface area contributed by atoms with Crippen molar-refractivity contribution < 1.29 is 9.84 Å². The lowest BCUT2D eigenvalue weighted by Crippen LogP contribution is -2.45. The molecule has 5 aliphatic rings. The van der Waals surface area contributed by atoms with Crippen LogP contribution in [-0.2, 0) is 4.74 Å². The summed E-state index contributed by atoms with van der Waals surface area (Å²) >= 11 is 0. The molecule has 0 aromatic rings. The highest BCUT2D eigenvalue weighted by Crippen LogP contribution is 2.78. The minimum Gasteiger partial charge on any atom is -0.367 e. The Balaban J connectivity index is 1.36. The van der Waals surface area contributed by atoms with Gasteiger partial charge in [0, 0.05) is 5.41 Å². The third-order valence-corrected chi connectivity index (χ3v) is 11.7. The molecule has 5 fully saturated rings.